The minimum Gasteiger partial charge on any atom is -0.0654 e. The van der Waals surface area contributed by atoms with E-state index in [4.69, 9.17) is 0 Å². The third-order valence-corrected chi connectivity index (χ3v) is 3.10. The average molecular weight is 271 g/mol. The van der Waals surface area contributed by atoms with Gasteiger partial charge in [0, 0.05) is 0 Å². The van der Waals surface area contributed by atoms with Crippen LogP contribution in [0.2, 0.25) is 0 Å². The van der Waals surface area contributed by atoms with Gasteiger partial charge in [0.25, 0.3) is 0 Å². The maximum Gasteiger partial charge on any atom is 0.187 e. The zero-order valence-corrected chi connectivity index (χ0v) is 12.9. The molecule has 0 nitrogen and oxygen atoms in total. The predicted molar refractivity (Wildman–Crippen MR) is 92.3 cm³/mol. The van der Waals surface area contributed by atoms with Gasteiger partial charge in [-0.1, -0.05) is 111 Å². The van der Waals surface area contributed by atoms with E-state index in [2.05, 4.69) is 27.7 Å². The Bertz CT molecular complexity index is 89.8. The molecule has 0 atom stereocenters. The summed E-state index contributed by atoms with van der Waals surface area (Å²) in [6, 6.07) is 0. The van der Waals surface area contributed by atoms with Gasteiger partial charge in [0.1, 0.15) is 0 Å². The molecule has 0 unspecified atom stereocenters. The standard InChI is InChI=1S/C13H27.C4H10.Al.3H/c1-3-5-7-9-11-13-12-10-8-6-4-2;1-3-4-2;;;;/h1,3-13H2,2H3;3-4H2,1-2H3;;;;. The van der Waals surface area contributed by atoms with Gasteiger partial charge in [-0.2, -0.15) is 0 Å². The molecule has 0 N–H and O–H groups in total. The fourth-order valence-corrected chi connectivity index (χ4v) is 1.66. The van der Waals surface area contributed by atoms with Gasteiger partial charge < -0.3 is 0 Å². The van der Waals surface area contributed by atoms with Crippen molar-refractivity contribution >= 4 is 17.4 Å². The van der Waals surface area contributed by atoms with Gasteiger partial charge in [0.05, 0.1) is 0 Å². The van der Waals surface area contributed by atoms with Crippen LogP contribution in [0.15, 0.2) is 0 Å². The molecule has 0 aliphatic heterocycles. The number of unbranched alkanes of at least 4 members (excludes halogenated alkanes) is 11. The van der Waals surface area contributed by atoms with Gasteiger partial charge in [-0.3, -0.25) is 0 Å². The first-order valence-corrected chi connectivity index (χ1v) is 8.12. The van der Waals surface area contributed by atoms with Crippen molar-refractivity contribution in [3.63, 3.8) is 0 Å². The number of hydrogen-bond donors (Lipinski definition) is 0. The predicted octanol–water partition coefficient (Wildman–Crippen LogP) is 5.75. The second-order valence-corrected chi connectivity index (χ2v) is 5.04. The summed E-state index contributed by atoms with van der Waals surface area (Å²) < 4.78 is 0. The molecule has 0 heterocycles. The molecule has 18 heavy (non-hydrogen) atoms. The normalized spacial score (nSPS) is 9.33. The third kappa shape index (κ3) is 30.0. The lowest BCUT2D eigenvalue weighted by Crippen LogP contribution is -1.81. The minimum absolute atomic E-state index is 0. The molecule has 0 aliphatic carbocycles. The third-order valence-electron chi connectivity index (χ3n) is 3.10. The van der Waals surface area contributed by atoms with Crippen molar-refractivity contribution in [2.24, 2.45) is 0 Å². The van der Waals surface area contributed by atoms with Gasteiger partial charge >= 0.3 is 0 Å². The molecule has 0 aromatic rings. The van der Waals surface area contributed by atoms with Crippen LogP contribution in [0.1, 0.15) is 104 Å². The summed E-state index contributed by atoms with van der Waals surface area (Å²) in [5, 5.41) is 0. The number of rotatable bonds is 11. The largest absolute Gasteiger partial charge is 0.187 e. The summed E-state index contributed by atoms with van der Waals surface area (Å²) in [6.45, 7) is 10.5. The highest BCUT2D eigenvalue weighted by Crippen LogP contribution is 2.10. The van der Waals surface area contributed by atoms with Crippen molar-refractivity contribution in [1.29, 1.82) is 0 Å². The average Bonchev–Trinajstić information content (AvgIpc) is 2.37. The summed E-state index contributed by atoms with van der Waals surface area (Å²) in [7, 11) is 0. The molecule has 0 rings (SSSR count). The van der Waals surface area contributed by atoms with Crippen molar-refractivity contribution in [1.82, 2.24) is 0 Å². The lowest BCUT2D eigenvalue weighted by Gasteiger charge is -2.00. The zero-order chi connectivity index (χ0) is 13.2. The Morgan fingerprint density at radius 1 is 0.500 bits per heavy atom. The van der Waals surface area contributed by atoms with Crippen LogP contribution in [0, 0.1) is 6.92 Å². The molecule has 0 saturated carbocycles. The van der Waals surface area contributed by atoms with Crippen LogP contribution in [-0.4, -0.2) is 17.4 Å². The summed E-state index contributed by atoms with van der Waals surface area (Å²) in [5.41, 5.74) is 0. The Balaban J connectivity index is -0.000000392. The lowest BCUT2D eigenvalue weighted by atomic mass is 10.1. The van der Waals surface area contributed by atoms with E-state index in [0.29, 0.717) is 0 Å². The van der Waals surface area contributed by atoms with E-state index < -0.39 is 0 Å². The molecule has 1 heteroatoms. The molecule has 1 radical (unpaired) electrons. The van der Waals surface area contributed by atoms with Gasteiger partial charge in [0.2, 0.25) is 0 Å². The maximum absolute atomic E-state index is 3.85. The Hall–Kier alpha value is 0.532. The first-order valence-electron chi connectivity index (χ1n) is 8.12. The van der Waals surface area contributed by atoms with Crippen molar-refractivity contribution in [3.8, 4) is 0 Å². The van der Waals surface area contributed by atoms with Crippen LogP contribution in [0.5, 0.6) is 0 Å². The summed E-state index contributed by atoms with van der Waals surface area (Å²) in [6.07, 6.45) is 18.0. The Kier molecular flexibility index (Phi) is 34.3. The summed E-state index contributed by atoms with van der Waals surface area (Å²) in [5.74, 6) is 0. The van der Waals surface area contributed by atoms with Gasteiger partial charge in [-0.25, -0.2) is 0 Å². The van der Waals surface area contributed by atoms with Crippen molar-refractivity contribution in [2.75, 3.05) is 0 Å². The smallest absolute Gasteiger partial charge is 0.0654 e. The van der Waals surface area contributed by atoms with Crippen molar-refractivity contribution in [2.45, 2.75) is 104 Å². The minimum atomic E-state index is 0. The van der Waals surface area contributed by atoms with Gasteiger partial charge in [-0.05, 0) is 0 Å². The number of hydrogen-bond acceptors (Lipinski definition) is 0. The fourth-order valence-electron chi connectivity index (χ4n) is 1.66. The molecule has 0 aromatic heterocycles. The van der Waals surface area contributed by atoms with E-state index in [-0.39, 0.29) is 17.4 Å². The second kappa shape index (κ2) is 26.2. The maximum atomic E-state index is 3.85. The Morgan fingerprint density at radius 3 is 1.11 bits per heavy atom. The highest BCUT2D eigenvalue weighted by molar-refractivity contribution is 5.75. The molecule has 111 valence electrons. The highest BCUT2D eigenvalue weighted by atomic mass is 27.0. The molecule has 0 spiro atoms. The van der Waals surface area contributed by atoms with E-state index in [9.17, 15) is 0 Å². The molecular formula is C17H40Al. The topological polar surface area (TPSA) is 0 Å². The lowest BCUT2D eigenvalue weighted by molar-refractivity contribution is 0.557. The van der Waals surface area contributed by atoms with E-state index in [1.54, 1.807) is 0 Å². The Labute approximate surface area is 128 Å². The van der Waals surface area contributed by atoms with E-state index in [1.807, 2.05) is 0 Å². The van der Waals surface area contributed by atoms with Crippen LogP contribution in [-0.2, 0) is 0 Å². The summed E-state index contributed by atoms with van der Waals surface area (Å²) >= 11 is 0. The van der Waals surface area contributed by atoms with E-state index in [0.717, 1.165) is 6.42 Å². The molecule has 0 amide bonds. The van der Waals surface area contributed by atoms with Crippen molar-refractivity contribution < 1.29 is 0 Å². The summed E-state index contributed by atoms with van der Waals surface area (Å²) in [4.78, 5) is 0. The van der Waals surface area contributed by atoms with E-state index in [1.165, 1.54) is 77.0 Å². The van der Waals surface area contributed by atoms with Crippen LogP contribution >= 0.6 is 0 Å². The van der Waals surface area contributed by atoms with Crippen LogP contribution in [0.25, 0.3) is 0 Å². The Morgan fingerprint density at radius 2 is 0.833 bits per heavy atom. The molecule has 0 bridgehead atoms. The first kappa shape index (κ1) is 23.6. The van der Waals surface area contributed by atoms with Gasteiger partial charge in [0.15, 0.2) is 17.4 Å². The van der Waals surface area contributed by atoms with Crippen molar-refractivity contribution in [3.05, 3.63) is 6.92 Å². The molecule has 0 aromatic carbocycles. The molecule has 0 aliphatic rings. The molecule has 0 saturated heterocycles. The quantitative estimate of drug-likeness (QED) is 0.331. The second-order valence-electron chi connectivity index (χ2n) is 5.04. The van der Waals surface area contributed by atoms with Crippen LogP contribution in [0.3, 0.4) is 0 Å². The molecular weight excluding hydrogens is 231 g/mol. The monoisotopic (exact) mass is 271 g/mol. The highest BCUT2D eigenvalue weighted by Gasteiger charge is 1.90. The fraction of sp³-hybridized carbons (Fsp3) is 0.941. The van der Waals surface area contributed by atoms with Crippen LogP contribution < -0.4 is 0 Å². The van der Waals surface area contributed by atoms with Crippen LogP contribution in [0.4, 0.5) is 0 Å². The van der Waals surface area contributed by atoms with Gasteiger partial charge in [-0.15, -0.1) is 0 Å². The molecule has 0 fully saturated rings. The zero-order valence-electron chi connectivity index (χ0n) is 12.9. The first-order chi connectivity index (χ1) is 8.33. The SMILES string of the molecule is CCCC.[AlH3].[CH2]CCCCCCCCCCCC. The van der Waals surface area contributed by atoms with E-state index >= 15 is 0 Å².